The van der Waals surface area contributed by atoms with Gasteiger partial charge in [0.1, 0.15) is 5.82 Å². The Hall–Kier alpha value is -3.03. The van der Waals surface area contributed by atoms with Gasteiger partial charge in [-0.05, 0) is 31.4 Å². The number of rotatable bonds is 3. The zero-order chi connectivity index (χ0) is 17.8. The van der Waals surface area contributed by atoms with E-state index in [9.17, 15) is 9.59 Å². The maximum Gasteiger partial charge on any atom is 0.276 e. The van der Waals surface area contributed by atoms with E-state index in [0.29, 0.717) is 18.9 Å². The molecule has 3 heterocycles. The van der Waals surface area contributed by atoms with Gasteiger partial charge in [0.15, 0.2) is 11.5 Å². The normalized spacial score (nSPS) is 17.2. The first kappa shape index (κ1) is 16.8. The fourth-order valence-corrected chi connectivity index (χ4v) is 2.81. The molecule has 1 aliphatic heterocycles. The van der Waals surface area contributed by atoms with Crippen LogP contribution in [0.4, 0.5) is 11.6 Å². The lowest BCUT2D eigenvalue weighted by molar-refractivity contribution is -0.121. The van der Waals surface area contributed by atoms with Crippen molar-refractivity contribution in [2.75, 3.05) is 24.1 Å². The van der Waals surface area contributed by atoms with E-state index in [1.165, 1.54) is 12.4 Å². The highest BCUT2D eigenvalue weighted by Crippen LogP contribution is 2.20. The van der Waals surface area contributed by atoms with Gasteiger partial charge in [0, 0.05) is 31.7 Å². The smallest absolute Gasteiger partial charge is 0.276 e. The van der Waals surface area contributed by atoms with Crippen LogP contribution in [-0.2, 0) is 4.79 Å². The third kappa shape index (κ3) is 3.90. The van der Waals surface area contributed by atoms with Crippen molar-refractivity contribution in [2.24, 2.45) is 5.92 Å². The van der Waals surface area contributed by atoms with E-state index in [0.717, 1.165) is 18.4 Å². The van der Waals surface area contributed by atoms with E-state index in [1.54, 1.807) is 17.2 Å². The largest absolute Gasteiger partial charge is 0.382 e. The lowest BCUT2D eigenvalue weighted by Gasteiger charge is -2.31. The molecule has 0 saturated carbocycles. The van der Waals surface area contributed by atoms with Crippen LogP contribution in [0.5, 0.6) is 0 Å². The van der Waals surface area contributed by atoms with E-state index in [4.69, 9.17) is 5.73 Å². The number of nitrogens with zero attached hydrogens (tertiary/aromatic N) is 4. The molecule has 8 heteroatoms. The quantitative estimate of drug-likeness (QED) is 0.869. The van der Waals surface area contributed by atoms with E-state index in [-0.39, 0.29) is 29.2 Å². The Morgan fingerprint density at radius 2 is 2.04 bits per heavy atom. The van der Waals surface area contributed by atoms with E-state index < -0.39 is 0 Å². The van der Waals surface area contributed by atoms with Crippen molar-refractivity contribution in [2.45, 2.75) is 19.8 Å². The molecule has 25 heavy (non-hydrogen) atoms. The fraction of sp³-hybridized carbons (Fsp3) is 0.353. The number of carbonyl (C=O) groups is 2. The second-order valence-electron chi connectivity index (χ2n) is 6.09. The lowest BCUT2D eigenvalue weighted by Crippen LogP contribution is -2.44. The van der Waals surface area contributed by atoms with Gasteiger partial charge in [-0.1, -0.05) is 6.07 Å². The molecule has 2 aromatic rings. The molecule has 0 bridgehead atoms. The van der Waals surface area contributed by atoms with E-state index in [1.807, 2.05) is 13.0 Å². The standard InChI is InChI=1S/C17H20N6O2/c1-11-4-5-13(21-9-11)22-16(24)12-3-2-8-23(10-12)17(25)14-15(18)20-7-6-19-14/h4-7,9,12H,2-3,8,10H2,1H3,(H2,18,20)(H,21,22,24)/t12-/m0/s1. The first-order chi connectivity index (χ1) is 12.0. The predicted octanol–water partition coefficient (Wildman–Crippen LogP) is 1.25. The topological polar surface area (TPSA) is 114 Å². The van der Waals surface area contributed by atoms with Gasteiger partial charge >= 0.3 is 0 Å². The van der Waals surface area contributed by atoms with Crippen LogP contribution in [-0.4, -0.2) is 44.8 Å². The number of amides is 2. The number of hydrogen-bond donors (Lipinski definition) is 2. The summed E-state index contributed by atoms with van der Waals surface area (Å²) in [5.74, 6) is -0.114. The molecule has 3 N–H and O–H groups in total. The Labute approximate surface area is 145 Å². The Bertz CT molecular complexity index is 777. The SMILES string of the molecule is Cc1ccc(NC(=O)[C@H]2CCCN(C(=O)c3nccnc3N)C2)nc1. The second-order valence-corrected chi connectivity index (χ2v) is 6.09. The molecule has 8 nitrogen and oxygen atoms in total. The van der Waals surface area contributed by atoms with Crippen molar-refractivity contribution in [3.8, 4) is 0 Å². The van der Waals surface area contributed by atoms with Gasteiger partial charge in [0.2, 0.25) is 5.91 Å². The molecule has 0 spiro atoms. The minimum Gasteiger partial charge on any atom is -0.382 e. The molecule has 2 amide bonds. The number of aromatic nitrogens is 3. The molecular weight excluding hydrogens is 320 g/mol. The third-order valence-electron chi connectivity index (χ3n) is 4.17. The summed E-state index contributed by atoms with van der Waals surface area (Å²) in [6.45, 7) is 2.83. The van der Waals surface area contributed by atoms with E-state index >= 15 is 0 Å². The number of carbonyl (C=O) groups excluding carboxylic acids is 2. The highest BCUT2D eigenvalue weighted by atomic mass is 16.2. The van der Waals surface area contributed by atoms with Gasteiger partial charge in [0.25, 0.3) is 5.91 Å². The second kappa shape index (κ2) is 7.25. The molecule has 130 valence electrons. The summed E-state index contributed by atoms with van der Waals surface area (Å²) in [7, 11) is 0. The first-order valence-electron chi connectivity index (χ1n) is 8.14. The van der Waals surface area contributed by atoms with Crippen LogP contribution in [0.1, 0.15) is 28.9 Å². The van der Waals surface area contributed by atoms with Crippen molar-refractivity contribution in [1.29, 1.82) is 0 Å². The van der Waals surface area contributed by atoms with Crippen molar-refractivity contribution in [1.82, 2.24) is 19.9 Å². The molecule has 0 radical (unpaired) electrons. The number of nitrogens with one attached hydrogen (secondary N) is 1. The minimum atomic E-state index is -0.295. The predicted molar refractivity (Wildman–Crippen MR) is 92.7 cm³/mol. The number of likely N-dealkylation sites (tertiary alicyclic amines) is 1. The summed E-state index contributed by atoms with van der Waals surface area (Å²) in [5, 5.41) is 2.81. The van der Waals surface area contributed by atoms with Crippen LogP contribution in [0.25, 0.3) is 0 Å². The van der Waals surface area contributed by atoms with Crippen LogP contribution in [0.15, 0.2) is 30.7 Å². The zero-order valence-corrected chi connectivity index (χ0v) is 14.0. The highest BCUT2D eigenvalue weighted by Gasteiger charge is 2.30. The summed E-state index contributed by atoms with van der Waals surface area (Å²) < 4.78 is 0. The molecule has 0 unspecified atom stereocenters. The van der Waals surface area contributed by atoms with Gasteiger partial charge in [-0.3, -0.25) is 9.59 Å². The van der Waals surface area contributed by atoms with Crippen molar-refractivity contribution < 1.29 is 9.59 Å². The monoisotopic (exact) mass is 340 g/mol. The lowest BCUT2D eigenvalue weighted by atomic mass is 9.97. The molecule has 2 aromatic heterocycles. The van der Waals surface area contributed by atoms with Gasteiger partial charge in [-0.15, -0.1) is 0 Å². The highest BCUT2D eigenvalue weighted by molar-refractivity contribution is 5.97. The van der Waals surface area contributed by atoms with Gasteiger partial charge in [0.05, 0.1) is 5.92 Å². The Morgan fingerprint density at radius 1 is 1.24 bits per heavy atom. The molecule has 3 rings (SSSR count). The molecule has 0 aromatic carbocycles. The average Bonchev–Trinajstić information content (AvgIpc) is 2.63. The Morgan fingerprint density at radius 3 is 2.76 bits per heavy atom. The average molecular weight is 340 g/mol. The van der Waals surface area contributed by atoms with Crippen molar-refractivity contribution >= 4 is 23.5 Å². The van der Waals surface area contributed by atoms with Crippen LogP contribution >= 0.6 is 0 Å². The van der Waals surface area contributed by atoms with Crippen LogP contribution in [0, 0.1) is 12.8 Å². The summed E-state index contributed by atoms with van der Waals surface area (Å²) in [6.07, 6.45) is 6.03. The number of hydrogen-bond acceptors (Lipinski definition) is 6. The summed E-state index contributed by atoms with van der Waals surface area (Å²) in [4.78, 5) is 38.8. The number of aryl methyl sites for hydroxylation is 1. The molecule has 1 aliphatic rings. The molecular formula is C17H20N6O2. The van der Waals surface area contributed by atoms with Gasteiger partial charge in [-0.2, -0.15) is 0 Å². The maximum atomic E-state index is 12.6. The zero-order valence-electron chi connectivity index (χ0n) is 14.0. The van der Waals surface area contributed by atoms with Gasteiger partial charge < -0.3 is 16.0 Å². The van der Waals surface area contributed by atoms with Crippen LogP contribution in [0.3, 0.4) is 0 Å². The van der Waals surface area contributed by atoms with E-state index in [2.05, 4.69) is 20.3 Å². The number of anilines is 2. The van der Waals surface area contributed by atoms with Crippen molar-refractivity contribution in [3.05, 3.63) is 42.0 Å². The van der Waals surface area contributed by atoms with Crippen molar-refractivity contribution in [3.63, 3.8) is 0 Å². The summed E-state index contributed by atoms with van der Waals surface area (Å²) in [5.41, 5.74) is 6.88. The molecule has 1 fully saturated rings. The first-order valence-corrected chi connectivity index (χ1v) is 8.14. The maximum absolute atomic E-state index is 12.6. The number of piperidine rings is 1. The third-order valence-corrected chi connectivity index (χ3v) is 4.17. The molecule has 0 aliphatic carbocycles. The van der Waals surface area contributed by atoms with Crippen LogP contribution in [0.2, 0.25) is 0 Å². The Balaban J connectivity index is 1.66. The molecule has 1 saturated heterocycles. The molecule has 1 atom stereocenters. The number of nitrogen functional groups attached to an aromatic ring is 1. The summed E-state index contributed by atoms with van der Waals surface area (Å²) >= 11 is 0. The Kier molecular flexibility index (Phi) is 4.87. The fourth-order valence-electron chi connectivity index (χ4n) is 2.81. The number of pyridine rings is 1. The van der Waals surface area contributed by atoms with Crippen LogP contribution < -0.4 is 11.1 Å². The number of nitrogens with two attached hydrogens (primary N) is 1. The summed E-state index contributed by atoms with van der Waals surface area (Å²) in [6, 6.07) is 3.65. The minimum absolute atomic E-state index is 0.0999. The van der Waals surface area contributed by atoms with Gasteiger partial charge in [-0.25, -0.2) is 15.0 Å².